The molecule has 1 N–H and O–H groups in total. The van der Waals surface area contributed by atoms with Gasteiger partial charge in [0, 0.05) is 37.1 Å². The Balaban J connectivity index is 1.37. The van der Waals surface area contributed by atoms with Crippen LogP contribution in [0.1, 0.15) is 24.3 Å². The maximum absolute atomic E-state index is 12.6. The second-order valence-corrected chi connectivity index (χ2v) is 6.98. The van der Waals surface area contributed by atoms with Gasteiger partial charge < -0.3 is 14.6 Å². The van der Waals surface area contributed by atoms with Crippen LogP contribution < -0.4 is 10.2 Å². The first-order valence-electron chi connectivity index (χ1n) is 9.51. The topological polar surface area (TPSA) is 84.2 Å². The van der Waals surface area contributed by atoms with Crippen LogP contribution in [0.4, 0.5) is 5.82 Å². The summed E-state index contributed by atoms with van der Waals surface area (Å²) < 4.78 is 5.75. The molecule has 0 bridgehead atoms. The van der Waals surface area contributed by atoms with Crippen molar-refractivity contribution in [1.29, 1.82) is 0 Å². The van der Waals surface area contributed by atoms with E-state index in [9.17, 15) is 4.79 Å². The van der Waals surface area contributed by atoms with Crippen LogP contribution in [0, 0.1) is 6.92 Å². The highest BCUT2D eigenvalue weighted by Crippen LogP contribution is 2.22. The Morgan fingerprint density at radius 2 is 2.14 bits per heavy atom. The molecule has 0 aliphatic carbocycles. The normalized spacial score (nSPS) is 16.8. The lowest BCUT2D eigenvalue weighted by atomic mass is 10.1. The Morgan fingerprint density at radius 1 is 1.29 bits per heavy atom. The highest BCUT2D eigenvalue weighted by molar-refractivity contribution is 5.79. The molecule has 1 atom stereocenters. The quantitative estimate of drug-likeness (QED) is 0.736. The Labute approximate surface area is 163 Å². The van der Waals surface area contributed by atoms with E-state index in [1.807, 2.05) is 37.3 Å². The van der Waals surface area contributed by atoms with Gasteiger partial charge in [-0.3, -0.25) is 9.78 Å². The highest BCUT2D eigenvalue weighted by Gasteiger charge is 2.23. The number of carbonyl (C=O) groups excluding carboxylic acids is 1. The third kappa shape index (κ3) is 4.19. The molecule has 144 valence electrons. The summed E-state index contributed by atoms with van der Waals surface area (Å²) in [5.74, 6) is 2.04. The minimum atomic E-state index is -0.0398. The van der Waals surface area contributed by atoms with Crippen molar-refractivity contribution in [2.45, 2.75) is 32.2 Å². The lowest BCUT2D eigenvalue weighted by Gasteiger charge is -2.33. The van der Waals surface area contributed by atoms with E-state index in [1.165, 1.54) is 0 Å². The first-order valence-corrected chi connectivity index (χ1v) is 9.51. The van der Waals surface area contributed by atoms with Crippen molar-refractivity contribution < 1.29 is 9.21 Å². The molecule has 1 amide bonds. The fourth-order valence-corrected chi connectivity index (χ4v) is 3.48. The zero-order valence-electron chi connectivity index (χ0n) is 15.8. The summed E-state index contributed by atoms with van der Waals surface area (Å²) in [5, 5.41) is 3.13. The molecule has 7 nitrogen and oxygen atoms in total. The summed E-state index contributed by atoms with van der Waals surface area (Å²) >= 11 is 0. The summed E-state index contributed by atoms with van der Waals surface area (Å²) in [4.78, 5) is 27.7. The molecule has 0 saturated carbocycles. The third-order valence-corrected chi connectivity index (χ3v) is 4.90. The second kappa shape index (κ2) is 8.21. The fraction of sp³-hybridized carbons (Fsp3) is 0.333. The van der Waals surface area contributed by atoms with Crippen LogP contribution in [-0.4, -0.2) is 40.0 Å². The zero-order valence-corrected chi connectivity index (χ0v) is 15.8. The third-order valence-electron chi connectivity index (χ3n) is 4.90. The summed E-state index contributed by atoms with van der Waals surface area (Å²) in [6, 6.07) is 9.79. The predicted octanol–water partition coefficient (Wildman–Crippen LogP) is 2.77. The Kier molecular flexibility index (Phi) is 5.32. The number of amides is 1. The molecule has 0 spiro atoms. The molecular formula is C21H23N5O2. The van der Waals surface area contributed by atoms with E-state index in [1.54, 1.807) is 18.6 Å². The van der Waals surface area contributed by atoms with Gasteiger partial charge in [0.05, 0.1) is 18.3 Å². The van der Waals surface area contributed by atoms with E-state index >= 15 is 0 Å². The van der Waals surface area contributed by atoms with Gasteiger partial charge in [-0.1, -0.05) is 18.2 Å². The minimum Gasteiger partial charge on any atom is -0.441 e. The van der Waals surface area contributed by atoms with Gasteiger partial charge >= 0.3 is 0 Å². The lowest BCUT2D eigenvalue weighted by molar-refractivity contribution is -0.121. The summed E-state index contributed by atoms with van der Waals surface area (Å²) in [5.41, 5.74) is 1.59. The molecular weight excluding hydrogens is 354 g/mol. The van der Waals surface area contributed by atoms with Crippen molar-refractivity contribution in [2.24, 2.45) is 0 Å². The lowest BCUT2D eigenvalue weighted by Crippen LogP contribution is -2.48. The minimum absolute atomic E-state index is 0.0398. The number of carbonyl (C=O) groups is 1. The Bertz CT molecular complexity index is 926. The number of piperidine rings is 1. The molecule has 2 aromatic heterocycles. The Morgan fingerprint density at radius 3 is 2.93 bits per heavy atom. The van der Waals surface area contributed by atoms with E-state index in [2.05, 4.69) is 25.2 Å². The maximum atomic E-state index is 12.6. The number of hydrogen-bond acceptors (Lipinski definition) is 6. The van der Waals surface area contributed by atoms with E-state index in [4.69, 9.17) is 4.42 Å². The average Bonchev–Trinajstić information content (AvgIpc) is 3.10. The van der Waals surface area contributed by atoms with Gasteiger partial charge in [0.2, 0.25) is 11.8 Å². The first kappa shape index (κ1) is 18.2. The maximum Gasteiger partial charge on any atom is 0.226 e. The average molecular weight is 377 g/mol. The van der Waals surface area contributed by atoms with Crippen molar-refractivity contribution in [3.8, 4) is 11.5 Å². The number of anilines is 1. The van der Waals surface area contributed by atoms with Crippen LogP contribution in [0.5, 0.6) is 0 Å². The molecule has 3 aromatic rings. The number of oxazole rings is 1. The van der Waals surface area contributed by atoms with Gasteiger partial charge in [-0.05, 0) is 31.9 Å². The summed E-state index contributed by atoms with van der Waals surface area (Å²) in [6.45, 7) is 3.50. The van der Waals surface area contributed by atoms with Crippen molar-refractivity contribution in [1.82, 2.24) is 20.3 Å². The van der Waals surface area contributed by atoms with Crippen molar-refractivity contribution in [3.63, 3.8) is 0 Å². The Hall–Kier alpha value is -3.22. The van der Waals surface area contributed by atoms with E-state index < -0.39 is 0 Å². The molecule has 4 rings (SSSR count). The van der Waals surface area contributed by atoms with Crippen LogP contribution >= 0.6 is 0 Å². The van der Waals surface area contributed by atoms with Gasteiger partial charge in [-0.25, -0.2) is 9.97 Å². The molecule has 0 unspecified atom stereocenters. The second-order valence-electron chi connectivity index (χ2n) is 6.98. The van der Waals surface area contributed by atoms with Gasteiger partial charge in [0.15, 0.2) is 0 Å². The molecule has 1 aromatic carbocycles. The molecule has 0 radical (unpaired) electrons. The highest BCUT2D eigenvalue weighted by atomic mass is 16.4. The molecule has 7 heteroatoms. The fourth-order valence-electron chi connectivity index (χ4n) is 3.48. The van der Waals surface area contributed by atoms with Crippen molar-refractivity contribution >= 4 is 11.7 Å². The molecule has 1 aliphatic heterocycles. The largest absolute Gasteiger partial charge is 0.441 e. The van der Waals surface area contributed by atoms with Crippen molar-refractivity contribution in [2.75, 3.05) is 18.0 Å². The van der Waals surface area contributed by atoms with E-state index in [0.717, 1.165) is 37.3 Å². The van der Waals surface area contributed by atoms with Gasteiger partial charge in [-0.2, -0.15) is 0 Å². The van der Waals surface area contributed by atoms with Gasteiger partial charge in [0.25, 0.3) is 0 Å². The number of rotatable bonds is 5. The standard InChI is InChI=1S/C21H23N5O2/c1-15-18(25-21(28-15)16-6-3-2-4-7-16)12-20(27)24-17-8-5-11-26(14-17)19-13-22-9-10-23-19/h2-4,6-7,9-10,13,17H,5,8,11-12,14H2,1H3,(H,24,27)/t17-/m1/s1. The van der Waals surface area contributed by atoms with Gasteiger partial charge in [0.1, 0.15) is 11.6 Å². The molecule has 1 fully saturated rings. The van der Waals surface area contributed by atoms with Crippen LogP contribution in [0.25, 0.3) is 11.5 Å². The van der Waals surface area contributed by atoms with E-state index in [-0.39, 0.29) is 18.4 Å². The number of nitrogens with zero attached hydrogens (tertiary/aromatic N) is 4. The van der Waals surface area contributed by atoms with Crippen LogP contribution in [0.2, 0.25) is 0 Å². The molecule has 1 aliphatic rings. The smallest absolute Gasteiger partial charge is 0.226 e. The van der Waals surface area contributed by atoms with Crippen LogP contribution in [0.15, 0.2) is 53.3 Å². The monoisotopic (exact) mass is 377 g/mol. The number of aryl methyl sites for hydroxylation is 1. The number of aromatic nitrogens is 3. The number of benzene rings is 1. The number of nitrogens with one attached hydrogen (secondary N) is 1. The van der Waals surface area contributed by atoms with Crippen LogP contribution in [0.3, 0.4) is 0 Å². The molecule has 3 heterocycles. The predicted molar refractivity (Wildman–Crippen MR) is 106 cm³/mol. The number of hydrogen-bond donors (Lipinski definition) is 1. The van der Waals surface area contributed by atoms with Crippen molar-refractivity contribution in [3.05, 3.63) is 60.4 Å². The first-order chi connectivity index (χ1) is 13.7. The zero-order chi connectivity index (χ0) is 19.3. The SMILES string of the molecule is Cc1oc(-c2ccccc2)nc1CC(=O)N[C@@H]1CCCN(c2cnccn2)C1. The van der Waals surface area contributed by atoms with E-state index in [0.29, 0.717) is 17.3 Å². The van der Waals surface area contributed by atoms with Gasteiger partial charge in [-0.15, -0.1) is 0 Å². The molecule has 1 saturated heterocycles. The summed E-state index contributed by atoms with van der Waals surface area (Å²) in [7, 11) is 0. The molecule has 28 heavy (non-hydrogen) atoms. The van der Waals surface area contributed by atoms with Crippen LogP contribution in [-0.2, 0) is 11.2 Å². The summed E-state index contributed by atoms with van der Waals surface area (Å²) in [6.07, 6.45) is 7.28.